The Hall–Kier alpha value is -2.74. The van der Waals surface area contributed by atoms with Crippen LogP contribution in [0.2, 0.25) is 5.02 Å². The first kappa shape index (κ1) is 18.6. The summed E-state index contributed by atoms with van der Waals surface area (Å²) in [7, 11) is 0. The molecule has 5 nitrogen and oxygen atoms in total. The molecular weight excluding hydrogens is 361 g/mol. The fourth-order valence-electron chi connectivity index (χ4n) is 1.75. The van der Waals surface area contributed by atoms with Crippen molar-refractivity contribution in [2.75, 3.05) is 6.61 Å². The molecule has 2 N–H and O–H groups in total. The van der Waals surface area contributed by atoms with E-state index in [4.69, 9.17) is 16.3 Å². The van der Waals surface area contributed by atoms with Crippen LogP contribution in [0.25, 0.3) is 0 Å². The highest BCUT2D eigenvalue weighted by atomic mass is 35.5. The zero-order chi connectivity index (χ0) is 18.4. The number of benzene rings is 2. The van der Waals surface area contributed by atoms with Gasteiger partial charge in [-0.25, -0.2) is 0 Å². The lowest BCUT2D eigenvalue weighted by atomic mass is 10.2. The highest BCUT2D eigenvalue weighted by Gasteiger charge is 2.30. The van der Waals surface area contributed by atoms with E-state index < -0.39 is 30.2 Å². The largest absolute Gasteiger partial charge is 0.484 e. The lowest BCUT2D eigenvalue weighted by Gasteiger charge is -2.11. The molecule has 132 valence electrons. The first-order valence-electron chi connectivity index (χ1n) is 6.90. The van der Waals surface area contributed by atoms with E-state index in [-0.39, 0.29) is 11.3 Å². The van der Waals surface area contributed by atoms with Gasteiger partial charge >= 0.3 is 6.18 Å². The minimum Gasteiger partial charge on any atom is -0.484 e. The molecule has 25 heavy (non-hydrogen) atoms. The molecule has 0 saturated heterocycles. The normalized spacial score (nSPS) is 10.9. The number of alkyl halides is 3. The molecule has 2 aromatic carbocycles. The third kappa shape index (κ3) is 5.68. The van der Waals surface area contributed by atoms with E-state index in [2.05, 4.69) is 10.9 Å². The Morgan fingerprint density at radius 2 is 1.72 bits per heavy atom. The number of halogens is 4. The van der Waals surface area contributed by atoms with Crippen LogP contribution in [0.3, 0.4) is 0 Å². The maximum atomic E-state index is 12.6. The van der Waals surface area contributed by atoms with Gasteiger partial charge in [0.05, 0.1) is 5.56 Å². The van der Waals surface area contributed by atoms with Gasteiger partial charge in [0.1, 0.15) is 5.75 Å². The Morgan fingerprint density at radius 1 is 1.04 bits per heavy atom. The standard InChI is InChI=1S/C16H12ClF3N2O3/c17-12-6-4-10(5-7-12)15(24)22-21-14(23)9-25-13-3-1-2-11(8-13)16(18,19)20/h1-8H,9H2,(H,21,23)(H,22,24). The van der Waals surface area contributed by atoms with Crippen LogP contribution in [-0.4, -0.2) is 18.4 Å². The van der Waals surface area contributed by atoms with Gasteiger partial charge in [0.15, 0.2) is 6.61 Å². The number of carbonyl (C=O) groups excluding carboxylic acids is 2. The summed E-state index contributed by atoms with van der Waals surface area (Å²) in [5.41, 5.74) is 3.62. The van der Waals surface area contributed by atoms with Gasteiger partial charge in [-0.1, -0.05) is 17.7 Å². The molecule has 0 atom stereocenters. The smallest absolute Gasteiger partial charge is 0.416 e. The van der Waals surface area contributed by atoms with Gasteiger partial charge < -0.3 is 4.74 Å². The average Bonchev–Trinajstić information content (AvgIpc) is 2.58. The van der Waals surface area contributed by atoms with Crippen molar-refractivity contribution in [1.82, 2.24) is 10.9 Å². The van der Waals surface area contributed by atoms with Crippen molar-refractivity contribution in [2.45, 2.75) is 6.18 Å². The van der Waals surface area contributed by atoms with Crippen LogP contribution in [0.4, 0.5) is 13.2 Å². The van der Waals surface area contributed by atoms with Crippen molar-refractivity contribution in [1.29, 1.82) is 0 Å². The second-order valence-electron chi connectivity index (χ2n) is 4.82. The summed E-state index contributed by atoms with van der Waals surface area (Å²) in [6.45, 7) is -0.567. The number of nitrogens with one attached hydrogen (secondary N) is 2. The van der Waals surface area contributed by atoms with Crippen LogP contribution in [0.15, 0.2) is 48.5 Å². The van der Waals surface area contributed by atoms with Gasteiger partial charge in [-0.2, -0.15) is 13.2 Å². The molecule has 0 spiro atoms. The van der Waals surface area contributed by atoms with Gasteiger partial charge in [-0.05, 0) is 42.5 Å². The minimum atomic E-state index is -4.51. The average molecular weight is 373 g/mol. The minimum absolute atomic E-state index is 0.117. The van der Waals surface area contributed by atoms with Crippen LogP contribution in [0.1, 0.15) is 15.9 Å². The first-order chi connectivity index (χ1) is 11.8. The SMILES string of the molecule is O=C(COc1cccc(C(F)(F)F)c1)NNC(=O)c1ccc(Cl)cc1. The van der Waals surface area contributed by atoms with E-state index in [1.165, 1.54) is 36.4 Å². The van der Waals surface area contributed by atoms with Crippen molar-refractivity contribution in [3.8, 4) is 5.75 Å². The molecule has 2 rings (SSSR count). The van der Waals surface area contributed by atoms with Gasteiger partial charge in [-0.3, -0.25) is 20.4 Å². The molecule has 0 radical (unpaired) electrons. The van der Waals surface area contributed by atoms with E-state index in [1.54, 1.807) is 0 Å². The molecule has 0 aromatic heterocycles. The summed E-state index contributed by atoms with van der Waals surface area (Å²) >= 11 is 5.69. The molecule has 0 heterocycles. The lowest BCUT2D eigenvalue weighted by Crippen LogP contribution is -2.43. The molecule has 9 heteroatoms. The molecular formula is C16H12ClF3N2O3. The van der Waals surface area contributed by atoms with Gasteiger partial charge in [0, 0.05) is 10.6 Å². The van der Waals surface area contributed by atoms with Crippen LogP contribution in [0.5, 0.6) is 5.75 Å². The van der Waals surface area contributed by atoms with E-state index in [0.29, 0.717) is 5.02 Å². The van der Waals surface area contributed by atoms with Crippen LogP contribution in [-0.2, 0) is 11.0 Å². The third-order valence-corrected chi connectivity index (χ3v) is 3.21. The maximum Gasteiger partial charge on any atom is 0.416 e. The molecule has 0 saturated carbocycles. The predicted octanol–water partition coefficient (Wildman–Crippen LogP) is 3.20. The number of ether oxygens (including phenoxy) is 1. The van der Waals surface area contributed by atoms with Crippen molar-refractivity contribution in [3.05, 3.63) is 64.7 Å². The number of hydrogen-bond acceptors (Lipinski definition) is 3. The number of rotatable bonds is 4. The van der Waals surface area contributed by atoms with Crippen molar-refractivity contribution in [3.63, 3.8) is 0 Å². The fourth-order valence-corrected chi connectivity index (χ4v) is 1.87. The summed E-state index contributed by atoms with van der Waals surface area (Å²) in [6, 6.07) is 10.1. The Bertz CT molecular complexity index is 764. The zero-order valence-corrected chi connectivity index (χ0v) is 13.3. The van der Waals surface area contributed by atoms with Crippen molar-refractivity contribution < 1.29 is 27.5 Å². The predicted molar refractivity (Wildman–Crippen MR) is 84.0 cm³/mol. The fraction of sp³-hybridized carbons (Fsp3) is 0.125. The molecule has 0 fully saturated rings. The maximum absolute atomic E-state index is 12.6. The highest BCUT2D eigenvalue weighted by molar-refractivity contribution is 6.30. The number of hydrogen-bond donors (Lipinski definition) is 2. The summed E-state index contributed by atoms with van der Waals surface area (Å²) in [5, 5.41) is 0.454. The van der Waals surface area contributed by atoms with Crippen LogP contribution >= 0.6 is 11.6 Å². The summed E-state index contributed by atoms with van der Waals surface area (Å²) in [6.07, 6.45) is -4.51. The molecule has 0 aliphatic heterocycles. The summed E-state index contributed by atoms with van der Waals surface area (Å²) < 4.78 is 42.7. The molecule has 2 aromatic rings. The van der Waals surface area contributed by atoms with Crippen molar-refractivity contribution in [2.24, 2.45) is 0 Å². The second-order valence-corrected chi connectivity index (χ2v) is 5.26. The van der Waals surface area contributed by atoms with E-state index in [9.17, 15) is 22.8 Å². The van der Waals surface area contributed by atoms with Crippen LogP contribution in [0, 0.1) is 0 Å². The molecule has 0 bridgehead atoms. The number of hydrazine groups is 1. The molecule has 0 aliphatic rings. The topological polar surface area (TPSA) is 67.4 Å². The number of carbonyl (C=O) groups is 2. The van der Waals surface area contributed by atoms with E-state index in [0.717, 1.165) is 12.1 Å². The third-order valence-electron chi connectivity index (χ3n) is 2.95. The van der Waals surface area contributed by atoms with Gasteiger partial charge in [-0.15, -0.1) is 0 Å². The summed E-state index contributed by atoms with van der Waals surface area (Å²) in [4.78, 5) is 23.3. The lowest BCUT2D eigenvalue weighted by molar-refractivity contribution is -0.137. The molecule has 2 amide bonds. The monoisotopic (exact) mass is 372 g/mol. The van der Waals surface area contributed by atoms with Gasteiger partial charge in [0.2, 0.25) is 0 Å². The van der Waals surface area contributed by atoms with Crippen LogP contribution < -0.4 is 15.6 Å². The van der Waals surface area contributed by atoms with Gasteiger partial charge in [0.25, 0.3) is 11.8 Å². The Labute approximate surface area is 145 Å². The highest BCUT2D eigenvalue weighted by Crippen LogP contribution is 2.31. The summed E-state index contributed by atoms with van der Waals surface area (Å²) in [5.74, 6) is -1.43. The first-order valence-corrected chi connectivity index (χ1v) is 7.28. The van der Waals surface area contributed by atoms with E-state index in [1.807, 2.05) is 0 Å². The molecule has 0 aliphatic carbocycles. The Balaban J connectivity index is 1.83. The quantitative estimate of drug-likeness (QED) is 0.810. The second kappa shape index (κ2) is 7.89. The number of amides is 2. The Morgan fingerprint density at radius 3 is 2.36 bits per heavy atom. The Kier molecular flexibility index (Phi) is 5.87. The van der Waals surface area contributed by atoms with E-state index >= 15 is 0 Å². The van der Waals surface area contributed by atoms with Crippen molar-refractivity contribution >= 4 is 23.4 Å². The molecule has 0 unspecified atom stereocenters. The zero-order valence-electron chi connectivity index (χ0n) is 12.6.